The number of hydrogen-bond donors (Lipinski definition) is 2. The number of anilines is 1. The molecule has 0 aromatic heterocycles. The van der Waals surface area contributed by atoms with Gasteiger partial charge in [0.25, 0.3) is 0 Å². The van der Waals surface area contributed by atoms with Crippen LogP contribution < -0.4 is 25.0 Å². The number of halogens is 1. The number of guanidine groups is 1. The monoisotopic (exact) mass is 430 g/mol. The lowest BCUT2D eigenvalue weighted by atomic mass is 10.1. The lowest BCUT2D eigenvalue weighted by molar-refractivity contribution is 0.414. The summed E-state index contributed by atoms with van der Waals surface area (Å²) in [7, 11) is 5.16. The molecule has 1 aliphatic rings. The molecule has 0 radical (unpaired) electrons. The Hall–Kier alpha value is -2.60. The van der Waals surface area contributed by atoms with Gasteiger partial charge in [-0.05, 0) is 48.6 Å². The summed E-state index contributed by atoms with van der Waals surface area (Å²) in [5.74, 6) is 3.08. The lowest BCUT2D eigenvalue weighted by Crippen LogP contribution is -2.41. The zero-order valence-electron chi connectivity index (χ0n) is 18.0. The Balaban J connectivity index is 1.44. The van der Waals surface area contributed by atoms with E-state index in [9.17, 15) is 0 Å². The normalized spacial score (nSPS) is 16.5. The Kier molecular flexibility index (Phi) is 8.08. The molecular formula is C23H31ClN4O2. The molecule has 162 valence electrons. The quantitative estimate of drug-likeness (QED) is 0.495. The molecule has 2 N–H and O–H groups in total. The largest absolute Gasteiger partial charge is 0.497 e. The van der Waals surface area contributed by atoms with Crippen LogP contribution in [0.4, 0.5) is 5.69 Å². The van der Waals surface area contributed by atoms with Crippen molar-refractivity contribution in [3.05, 3.63) is 53.1 Å². The van der Waals surface area contributed by atoms with Gasteiger partial charge in [-0.2, -0.15) is 0 Å². The third-order valence-corrected chi connectivity index (χ3v) is 5.79. The summed E-state index contributed by atoms with van der Waals surface area (Å²) in [6.45, 7) is 3.68. The molecule has 1 aliphatic heterocycles. The minimum Gasteiger partial charge on any atom is -0.497 e. The van der Waals surface area contributed by atoms with Gasteiger partial charge in [0, 0.05) is 38.2 Å². The van der Waals surface area contributed by atoms with E-state index >= 15 is 0 Å². The highest BCUT2D eigenvalue weighted by Crippen LogP contribution is 2.31. The van der Waals surface area contributed by atoms with Gasteiger partial charge in [-0.1, -0.05) is 29.8 Å². The van der Waals surface area contributed by atoms with E-state index in [0.717, 1.165) is 67.1 Å². The molecule has 1 heterocycles. The number of nitrogens with zero attached hydrogens (tertiary/aromatic N) is 2. The first-order valence-electron chi connectivity index (χ1n) is 10.3. The van der Waals surface area contributed by atoms with E-state index in [1.807, 2.05) is 30.3 Å². The zero-order chi connectivity index (χ0) is 21.3. The smallest absolute Gasteiger partial charge is 0.190 e. The van der Waals surface area contributed by atoms with E-state index < -0.39 is 0 Å². The van der Waals surface area contributed by atoms with Crippen molar-refractivity contribution in [1.82, 2.24) is 10.6 Å². The first kappa shape index (κ1) is 22.1. The second kappa shape index (κ2) is 11.0. The topological polar surface area (TPSA) is 58.1 Å². The van der Waals surface area contributed by atoms with Gasteiger partial charge in [-0.3, -0.25) is 4.99 Å². The summed E-state index contributed by atoms with van der Waals surface area (Å²) in [6.07, 6.45) is 1.96. The zero-order valence-corrected chi connectivity index (χ0v) is 18.7. The Morgan fingerprint density at radius 3 is 2.73 bits per heavy atom. The highest BCUT2D eigenvalue weighted by molar-refractivity contribution is 6.31. The van der Waals surface area contributed by atoms with Gasteiger partial charge >= 0.3 is 0 Å². The molecule has 2 aromatic rings. The van der Waals surface area contributed by atoms with Gasteiger partial charge in [0.15, 0.2) is 5.96 Å². The molecule has 2 aromatic carbocycles. The maximum Gasteiger partial charge on any atom is 0.190 e. The van der Waals surface area contributed by atoms with Crippen LogP contribution in [0.1, 0.15) is 12.0 Å². The van der Waals surface area contributed by atoms with Crippen LogP contribution in [0.25, 0.3) is 0 Å². The third kappa shape index (κ3) is 5.72. The molecule has 0 saturated carbocycles. The van der Waals surface area contributed by atoms with E-state index in [-0.39, 0.29) is 0 Å². The number of benzene rings is 2. The molecule has 1 unspecified atom stereocenters. The predicted molar refractivity (Wildman–Crippen MR) is 124 cm³/mol. The summed E-state index contributed by atoms with van der Waals surface area (Å²) in [6, 6.07) is 14.0. The van der Waals surface area contributed by atoms with Crippen LogP contribution in [0.3, 0.4) is 0 Å². The number of para-hydroxylation sites is 2. The van der Waals surface area contributed by atoms with Gasteiger partial charge in [0.05, 0.1) is 19.9 Å². The van der Waals surface area contributed by atoms with Crippen molar-refractivity contribution in [3.8, 4) is 11.5 Å². The molecule has 0 bridgehead atoms. The molecule has 30 heavy (non-hydrogen) atoms. The number of nitrogens with one attached hydrogen (secondary N) is 2. The second-order valence-electron chi connectivity index (χ2n) is 7.36. The summed E-state index contributed by atoms with van der Waals surface area (Å²) >= 11 is 6.32. The molecule has 1 atom stereocenters. The number of ether oxygens (including phenoxy) is 2. The summed E-state index contributed by atoms with van der Waals surface area (Å²) in [4.78, 5) is 6.74. The Morgan fingerprint density at radius 2 is 2.00 bits per heavy atom. The van der Waals surface area contributed by atoms with Crippen molar-refractivity contribution in [2.75, 3.05) is 52.3 Å². The molecular weight excluding hydrogens is 400 g/mol. The number of methoxy groups -OCH3 is 2. The fraction of sp³-hybridized carbons (Fsp3) is 0.435. The fourth-order valence-electron chi connectivity index (χ4n) is 3.74. The fourth-order valence-corrected chi connectivity index (χ4v) is 4.01. The van der Waals surface area contributed by atoms with E-state index in [0.29, 0.717) is 5.92 Å². The predicted octanol–water partition coefficient (Wildman–Crippen LogP) is 3.59. The summed E-state index contributed by atoms with van der Waals surface area (Å²) in [5, 5.41) is 7.56. The molecule has 3 rings (SSSR count). The van der Waals surface area contributed by atoms with Crippen LogP contribution >= 0.6 is 11.6 Å². The van der Waals surface area contributed by atoms with Crippen LogP contribution in [0.15, 0.2) is 47.5 Å². The molecule has 7 heteroatoms. The second-order valence-corrected chi connectivity index (χ2v) is 7.77. The van der Waals surface area contributed by atoms with Gasteiger partial charge in [0.2, 0.25) is 0 Å². The van der Waals surface area contributed by atoms with Crippen LogP contribution in [0.2, 0.25) is 5.02 Å². The molecule has 1 fully saturated rings. The van der Waals surface area contributed by atoms with Crippen LogP contribution in [-0.4, -0.2) is 53.4 Å². The highest BCUT2D eigenvalue weighted by atomic mass is 35.5. The Morgan fingerprint density at radius 1 is 1.17 bits per heavy atom. The first-order chi connectivity index (χ1) is 14.6. The van der Waals surface area contributed by atoms with E-state index in [4.69, 9.17) is 21.1 Å². The van der Waals surface area contributed by atoms with Gasteiger partial charge in [-0.25, -0.2) is 0 Å². The van der Waals surface area contributed by atoms with E-state index in [1.165, 1.54) is 5.69 Å². The number of rotatable bonds is 8. The number of hydrogen-bond acceptors (Lipinski definition) is 4. The minimum atomic E-state index is 0.560. The average Bonchev–Trinajstić information content (AvgIpc) is 3.25. The maximum absolute atomic E-state index is 6.32. The Bertz CT molecular complexity index is 859. The molecule has 0 spiro atoms. The van der Waals surface area contributed by atoms with Crippen LogP contribution in [0.5, 0.6) is 11.5 Å². The molecule has 0 amide bonds. The van der Waals surface area contributed by atoms with Crippen molar-refractivity contribution >= 4 is 23.2 Å². The SMILES string of the molecule is CN=C(NCCc1ccc(OC)cc1Cl)NCC1CCN(c2ccccc2OC)C1. The third-order valence-electron chi connectivity index (χ3n) is 5.44. The van der Waals surface area contributed by atoms with Crippen molar-refractivity contribution in [3.63, 3.8) is 0 Å². The Labute approximate surface area is 184 Å². The van der Waals surface area contributed by atoms with Crippen molar-refractivity contribution < 1.29 is 9.47 Å². The molecule has 1 saturated heterocycles. The van der Waals surface area contributed by atoms with E-state index in [1.54, 1.807) is 21.3 Å². The molecule has 0 aliphatic carbocycles. The van der Waals surface area contributed by atoms with Crippen molar-refractivity contribution in [2.24, 2.45) is 10.9 Å². The van der Waals surface area contributed by atoms with Gasteiger partial charge in [0.1, 0.15) is 11.5 Å². The minimum absolute atomic E-state index is 0.560. The lowest BCUT2D eigenvalue weighted by Gasteiger charge is -2.21. The molecule has 6 nitrogen and oxygen atoms in total. The summed E-state index contributed by atoms with van der Waals surface area (Å²) < 4.78 is 10.7. The average molecular weight is 431 g/mol. The highest BCUT2D eigenvalue weighted by Gasteiger charge is 2.24. The van der Waals surface area contributed by atoms with Crippen molar-refractivity contribution in [2.45, 2.75) is 12.8 Å². The standard InChI is InChI=1S/C23H31ClN4O2/c1-25-23(26-12-10-18-8-9-19(29-2)14-20(18)24)27-15-17-11-13-28(16-17)21-6-4-5-7-22(21)30-3/h4-9,14,17H,10-13,15-16H2,1-3H3,(H2,25,26,27). The number of aliphatic imine (C=N–C) groups is 1. The van der Waals surface area contributed by atoms with Gasteiger partial charge < -0.3 is 25.0 Å². The van der Waals surface area contributed by atoms with Crippen molar-refractivity contribution in [1.29, 1.82) is 0 Å². The van der Waals surface area contributed by atoms with Crippen LogP contribution in [0, 0.1) is 5.92 Å². The first-order valence-corrected chi connectivity index (χ1v) is 10.7. The van der Waals surface area contributed by atoms with Gasteiger partial charge in [-0.15, -0.1) is 0 Å². The van der Waals surface area contributed by atoms with Crippen LogP contribution in [-0.2, 0) is 6.42 Å². The van der Waals surface area contributed by atoms with E-state index in [2.05, 4.69) is 32.7 Å². The summed E-state index contributed by atoms with van der Waals surface area (Å²) in [5.41, 5.74) is 2.25. The maximum atomic E-state index is 6.32.